The van der Waals surface area contributed by atoms with E-state index in [2.05, 4.69) is 41.5 Å². The summed E-state index contributed by atoms with van der Waals surface area (Å²) in [6, 6.07) is 0. The molecular weight excluding hydrogens is 180 g/mol. The maximum Gasteiger partial charge on any atom is -0.0329 e. The Labute approximate surface area is 95.8 Å². The standard InChI is InChI=1S/C15H28/c1-14(2,3)12-8-10-7-11(10)9-13(12)15(4,5)6/h10-13H,7-9H2,1-6H3/t10?,11?,12-,13+. The van der Waals surface area contributed by atoms with Crippen LogP contribution >= 0.6 is 0 Å². The third-order valence-corrected chi connectivity index (χ3v) is 4.89. The van der Waals surface area contributed by atoms with Crippen LogP contribution in [0, 0.1) is 34.5 Å². The third kappa shape index (κ3) is 2.24. The Morgan fingerprint density at radius 2 is 0.933 bits per heavy atom. The van der Waals surface area contributed by atoms with E-state index in [9.17, 15) is 0 Å². The van der Waals surface area contributed by atoms with Gasteiger partial charge in [0.15, 0.2) is 0 Å². The number of fused-ring (bicyclic) bond motifs is 1. The third-order valence-electron chi connectivity index (χ3n) is 4.89. The molecule has 2 saturated carbocycles. The molecule has 0 spiro atoms. The lowest BCUT2D eigenvalue weighted by molar-refractivity contribution is 0.0292. The van der Waals surface area contributed by atoms with Crippen molar-refractivity contribution in [2.75, 3.05) is 0 Å². The molecule has 88 valence electrons. The van der Waals surface area contributed by atoms with E-state index in [1.54, 1.807) is 6.42 Å². The van der Waals surface area contributed by atoms with Gasteiger partial charge in [0.1, 0.15) is 0 Å². The second-order valence-corrected chi connectivity index (χ2v) is 8.17. The van der Waals surface area contributed by atoms with Crippen LogP contribution in [0.1, 0.15) is 60.8 Å². The van der Waals surface area contributed by atoms with Crippen molar-refractivity contribution in [3.05, 3.63) is 0 Å². The fraction of sp³-hybridized carbons (Fsp3) is 1.00. The van der Waals surface area contributed by atoms with Crippen molar-refractivity contribution in [1.82, 2.24) is 0 Å². The summed E-state index contributed by atoms with van der Waals surface area (Å²) in [5.74, 6) is 4.10. The van der Waals surface area contributed by atoms with Crippen molar-refractivity contribution < 1.29 is 0 Å². The average Bonchev–Trinajstić information content (AvgIpc) is 2.75. The van der Waals surface area contributed by atoms with Crippen molar-refractivity contribution >= 4 is 0 Å². The molecule has 0 heterocycles. The summed E-state index contributed by atoms with van der Waals surface area (Å²) in [4.78, 5) is 0. The van der Waals surface area contributed by atoms with Crippen LogP contribution in [0.5, 0.6) is 0 Å². The van der Waals surface area contributed by atoms with E-state index in [1.165, 1.54) is 12.8 Å². The molecule has 2 aliphatic rings. The molecule has 0 heteroatoms. The van der Waals surface area contributed by atoms with Crippen LogP contribution in [0.3, 0.4) is 0 Å². The molecule has 0 radical (unpaired) electrons. The van der Waals surface area contributed by atoms with Gasteiger partial charge in [0, 0.05) is 0 Å². The Bertz CT molecular complexity index is 212. The Hall–Kier alpha value is 0. The monoisotopic (exact) mass is 208 g/mol. The molecule has 2 unspecified atom stereocenters. The predicted molar refractivity (Wildman–Crippen MR) is 66.7 cm³/mol. The van der Waals surface area contributed by atoms with Gasteiger partial charge in [-0.3, -0.25) is 0 Å². The van der Waals surface area contributed by atoms with Gasteiger partial charge in [-0.2, -0.15) is 0 Å². The maximum atomic E-state index is 2.44. The normalized spacial score (nSPS) is 41.2. The lowest BCUT2D eigenvalue weighted by atomic mass is 9.59. The molecule has 0 amide bonds. The van der Waals surface area contributed by atoms with Crippen LogP contribution in [-0.2, 0) is 0 Å². The first kappa shape index (κ1) is 11.5. The number of hydrogen-bond acceptors (Lipinski definition) is 0. The van der Waals surface area contributed by atoms with Crippen molar-refractivity contribution in [3.63, 3.8) is 0 Å². The summed E-state index contributed by atoms with van der Waals surface area (Å²) >= 11 is 0. The van der Waals surface area contributed by atoms with Gasteiger partial charge in [0.25, 0.3) is 0 Å². The van der Waals surface area contributed by atoms with E-state index in [-0.39, 0.29) is 0 Å². The first-order valence-corrected chi connectivity index (χ1v) is 6.69. The minimum absolute atomic E-state index is 0.505. The van der Waals surface area contributed by atoms with Gasteiger partial charge in [-0.05, 0) is 53.8 Å². The number of hydrogen-bond donors (Lipinski definition) is 0. The summed E-state index contributed by atoms with van der Waals surface area (Å²) in [6.45, 7) is 14.7. The van der Waals surface area contributed by atoms with Crippen molar-refractivity contribution in [2.24, 2.45) is 34.5 Å². The van der Waals surface area contributed by atoms with Crippen LogP contribution < -0.4 is 0 Å². The SMILES string of the molecule is CC(C)(C)[C@@H]1CC2CC2C[C@@H]1C(C)(C)C. The lowest BCUT2D eigenvalue weighted by Crippen LogP contribution is -2.38. The molecule has 0 aliphatic heterocycles. The quantitative estimate of drug-likeness (QED) is 0.539. The van der Waals surface area contributed by atoms with Gasteiger partial charge < -0.3 is 0 Å². The van der Waals surface area contributed by atoms with Crippen LogP contribution in [0.15, 0.2) is 0 Å². The zero-order valence-corrected chi connectivity index (χ0v) is 11.4. The highest BCUT2D eigenvalue weighted by atomic mass is 14.6. The van der Waals surface area contributed by atoms with E-state index < -0.39 is 0 Å². The summed E-state index contributed by atoms with van der Waals surface area (Å²) in [6.07, 6.45) is 4.56. The lowest BCUT2D eigenvalue weighted by Gasteiger charge is -2.46. The van der Waals surface area contributed by atoms with E-state index in [0.717, 1.165) is 23.7 Å². The molecule has 2 fully saturated rings. The van der Waals surface area contributed by atoms with Crippen LogP contribution in [0.4, 0.5) is 0 Å². The molecule has 0 nitrogen and oxygen atoms in total. The minimum atomic E-state index is 0.505. The molecule has 2 rings (SSSR count). The molecule has 0 aromatic rings. The van der Waals surface area contributed by atoms with Gasteiger partial charge in [0.2, 0.25) is 0 Å². The van der Waals surface area contributed by atoms with Crippen molar-refractivity contribution in [3.8, 4) is 0 Å². The zero-order valence-electron chi connectivity index (χ0n) is 11.4. The summed E-state index contributed by atoms with van der Waals surface area (Å²) in [7, 11) is 0. The van der Waals surface area contributed by atoms with Crippen LogP contribution in [0.2, 0.25) is 0 Å². The Morgan fingerprint density at radius 3 is 1.20 bits per heavy atom. The highest BCUT2D eigenvalue weighted by molar-refractivity contribution is 5.01. The van der Waals surface area contributed by atoms with E-state index in [0.29, 0.717) is 10.8 Å². The van der Waals surface area contributed by atoms with Crippen LogP contribution in [0.25, 0.3) is 0 Å². The van der Waals surface area contributed by atoms with Crippen LogP contribution in [-0.4, -0.2) is 0 Å². The van der Waals surface area contributed by atoms with E-state index in [1.807, 2.05) is 0 Å². The highest BCUT2D eigenvalue weighted by Gasteiger charge is 2.51. The molecule has 15 heavy (non-hydrogen) atoms. The summed E-state index contributed by atoms with van der Waals surface area (Å²) < 4.78 is 0. The molecule has 0 bridgehead atoms. The first-order valence-electron chi connectivity index (χ1n) is 6.69. The molecule has 4 atom stereocenters. The smallest absolute Gasteiger partial charge is 0.0329 e. The fourth-order valence-electron chi connectivity index (χ4n) is 3.78. The molecular formula is C15H28. The van der Waals surface area contributed by atoms with E-state index >= 15 is 0 Å². The second kappa shape index (κ2) is 3.25. The Balaban J connectivity index is 2.18. The summed E-state index contributed by atoms with van der Waals surface area (Å²) in [5.41, 5.74) is 1.01. The molecule has 0 aromatic heterocycles. The second-order valence-electron chi connectivity index (χ2n) is 8.17. The minimum Gasteiger partial charge on any atom is -0.0599 e. The Kier molecular flexibility index (Phi) is 2.48. The fourth-order valence-corrected chi connectivity index (χ4v) is 3.78. The molecule has 0 N–H and O–H groups in total. The summed E-state index contributed by atoms with van der Waals surface area (Å²) in [5, 5.41) is 0. The average molecular weight is 208 g/mol. The van der Waals surface area contributed by atoms with Gasteiger partial charge in [-0.25, -0.2) is 0 Å². The van der Waals surface area contributed by atoms with Gasteiger partial charge in [-0.1, -0.05) is 41.5 Å². The van der Waals surface area contributed by atoms with Gasteiger partial charge >= 0.3 is 0 Å². The maximum absolute atomic E-state index is 2.44. The van der Waals surface area contributed by atoms with E-state index in [4.69, 9.17) is 0 Å². The van der Waals surface area contributed by atoms with Gasteiger partial charge in [0.05, 0.1) is 0 Å². The molecule has 2 aliphatic carbocycles. The highest BCUT2D eigenvalue weighted by Crippen LogP contribution is 2.60. The van der Waals surface area contributed by atoms with Crippen molar-refractivity contribution in [1.29, 1.82) is 0 Å². The predicted octanol–water partition coefficient (Wildman–Crippen LogP) is 4.74. The van der Waals surface area contributed by atoms with Gasteiger partial charge in [-0.15, -0.1) is 0 Å². The Morgan fingerprint density at radius 1 is 0.600 bits per heavy atom. The van der Waals surface area contributed by atoms with Crippen molar-refractivity contribution in [2.45, 2.75) is 60.8 Å². The first-order chi connectivity index (χ1) is 6.69. The molecule has 0 aromatic carbocycles. The zero-order chi connectivity index (χ0) is 11.4. The molecule has 0 saturated heterocycles. The topological polar surface area (TPSA) is 0 Å². The number of rotatable bonds is 0. The largest absolute Gasteiger partial charge is 0.0599 e.